The molecule has 8 heteroatoms. The van der Waals surface area contributed by atoms with E-state index in [-0.39, 0.29) is 17.3 Å². The Labute approximate surface area is 171 Å². The topological polar surface area (TPSA) is 67.8 Å². The molecular weight excluding hydrogens is 447 g/mol. The Morgan fingerprint density at radius 1 is 1.04 bits per heavy atom. The maximum atomic E-state index is 13.0. The third-order valence-electron chi connectivity index (χ3n) is 3.71. The first-order chi connectivity index (χ1) is 13.4. The van der Waals surface area contributed by atoms with Gasteiger partial charge < -0.3 is 4.74 Å². The summed E-state index contributed by atoms with van der Waals surface area (Å²) < 4.78 is 44.0. The normalized spacial score (nSPS) is 11.5. The van der Waals surface area contributed by atoms with E-state index in [9.17, 15) is 12.8 Å². The summed E-state index contributed by atoms with van der Waals surface area (Å²) in [6.45, 7) is 0.235. The van der Waals surface area contributed by atoms with Crippen molar-refractivity contribution in [3.05, 3.63) is 94.2 Å². The molecule has 0 radical (unpaired) electrons. The molecule has 144 valence electrons. The SMILES string of the molecule is O=S(=O)(N/N=C/c1cc(Br)ccc1OCc1ccc(F)cc1)c1ccccc1. The van der Waals surface area contributed by atoms with Gasteiger partial charge in [-0.15, -0.1) is 0 Å². The van der Waals surface area contributed by atoms with Crippen molar-refractivity contribution in [3.8, 4) is 5.75 Å². The number of hydrogen-bond donors (Lipinski definition) is 1. The number of nitrogens with zero attached hydrogens (tertiary/aromatic N) is 1. The highest BCUT2D eigenvalue weighted by atomic mass is 79.9. The van der Waals surface area contributed by atoms with Crippen LogP contribution in [0, 0.1) is 5.82 Å². The van der Waals surface area contributed by atoms with E-state index in [0.29, 0.717) is 11.3 Å². The molecule has 0 unspecified atom stereocenters. The predicted molar refractivity (Wildman–Crippen MR) is 109 cm³/mol. The molecule has 0 fully saturated rings. The van der Waals surface area contributed by atoms with E-state index in [2.05, 4.69) is 25.9 Å². The number of hydrazone groups is 1. The van der Waals surface area contributed by atoms with Gasteiger partial charge in [-0.1, -0.05) is 46.3 Å². The molecule has 0 aliphatic carbocycles. The van der Waals surface area contributed by atoms with E-state index in [4.69, 9.17) is 4.74 Å². The van der Waals surface area contributed by atoms with Crippen LogP contribution in [0.3, 0.4) is 0 Å². The lowest BCUT2D eigenvalue weighted by Gasteiger charge is -2.10. The zero-order valence-electron chi connectivity index (χ0n) is 14.5. The molecule has 5 nitrogen and oxygen atoms in total. The molecule has 0 saturated heterocycles. The van der Waals surface area contributed by atoms with Crippen molar-refractivity contribution in [2.75, 3.05) is 0 Å². The number of sulfonamides is 1. The van der Waals surface area contributed by atoms with Gasteiger partial charge in [-0.3, -0.25) is 0 Å². The zero-order valence-corrected chi connectivity index (χ0v) is 17.0. The van der Waals surface area contributed by atoms with Crippen LogP contribution in [-0.2, 0) is 16.6 Å². The van der Waals surface area contributed by atoms with E-state index in [1.54, 1.807) is 48.5 Å². The number of ether oxygens (including phenoxy) is 1. The number of hydrogen-bond acceptors (Lipinski definition) is 4. The van der Waals surface area contributed by atoms with Gasteiger partial charge in [0.1, 0.15) is 18.2 Å². The minimum Gasteiger partial charge on any atom is -0.488 e. The molecule has 0 heterocycles. The number of halogens is 2. The number of rotatable bonds is 7. The molecule has 0 amide bonds. The van der Waals surface area contributed by atoms with Crippen LogP contribution in [0.5, 0.6) is 5.75 Å². The molecule has 3 aromatic carbocycles. The molecular formula is C20H16BrFN2O3S. The minimum absolute atomic E-state index is 0.120. The Balaban J connectivity index is 1.73. The first-order valence-electron chi connectivity index (χ1n) is 8.21. The zero-order chi connectivity index (χ0) is 20.0. The molecule has 0 aliphatic heterocycles. The molecule has 28 heavy (non-hydrogen) atoms. The van der Waals surface area contributed by atoms with Crippen LogP contribution in [0.4, 0.5) is 4.39 Å². The van der Waals surface area contributed by atoms with Gasteiger partial charge in [-0.2, -0.15) is 13.5 Å². The van der Waals surface area contributed by atoms with Crippen LogP contribution in [0.25, 0.3) is 0 Å². The van der Waals surface area contributed by atoms with Crippen molar-refractivity contribution >= 4 is 32.2 Å². The van der Waals surface area contributed by atoms with Gasteiger partial charge in [0, 0.05) is 10.0 Å². The fourth-order valence-electron chi connectivity index (χ4n) is 2.31. The van der Waals surface area contributed by atoms with Crippen LogP contribution in [0.1, 0.15) is 11.1 Å². The highest BCUT2D eigenvalue weighted by Gasteiger charge is 2.11. The predicted octanol–water partition coefficient (Wildman–Crippen LogP) is 4.48. The summed E-state index contributed by atoms with van der Waals surface area (Å²) in [5, 5.41) is 3.84. The first kappa shape index (κ1) is 20.0. The average molecular weight is 463 g/mol. The van der Waals surface area contributed by atoms with Gasteiger partial charge in [0.25, 0.3) is 10.0 Å². The standard InChI is InChI=1S/C20H16BrFN2O3S/c21-17-8-11-20(27-14-15-6-9-18(22)10-7-15)16(12-17)13-23-24-28(25,26)19-4-2-1-3-5-19/h1-13,24H,14H2/b23-13+. The van der Waals surface area contributed by atoms with Crippen LogP contribution in [-0.4, -0.2) is 14.6 Å². The summed E-state index contributed by atoms with van der Waals surface area (Å²) in [6, 6.07) is 19.2. The summed E-state index contributed by atoms with van der Waals surface area (Å²) >= 11 is 3.37. The maximum absolute atomic E-state index is 13.0. The lowest BCUT2D eigenvalue weighted by atomic mass is 10.2. The van der Waals surface area contributed by atoms with E-state index in [1.807, 2.05) is 0 Å². The summed E-state index contributed by atoms with van der Waals surface area (Å²) in [7, 11) is -3.75. The van der Waals surface area contributed by atoms with Crippen molar-refractivity contribution < 1.29 is 17.5 Å². The van der Waals surface area contributed by atoms with Gasteiger partial charge in [-0.25, -0.2) is 9.22 Å². The molecule has 0 spiro atoms. The van der Waals surface area contributed by atoms with E-state index in [1.165, 1.54) is 30.5 Å². The lowest BCUT2D eigenvalue weighted by molar-refractivity contribution is 0.305. The monoisotopic (exact) mass is 462 g/mol. The molecule has 0 saturated carbocycles. The van der Waals surface area contributed by atoms with Gasteiger partial charge in [0.15, 0.2) is 0 Å². The van der Waals surface area contributed by atoms with E-state index >= 15 is 0 Å². The van der Waals surface area contributed by atoms with Crippen molar-refractivity contribution in [1.29, 1.82) is 0 Å². The third-order valence-corrected chi connectivity index (χ3v) is 5.44. The highest BCUT2D eigenvalue weighted by Crippen LogP contribution is 2.23. The first-order valence-corrected chi connectivity index (χ1v) is 10.5. The molecule has 3 aromatic rings. The number of benzene rings is 3. The second kappa shape index (κ2) is 8.99. The van der Waals surface area contributed by atoms with E-state index < -0.39 is 10.0 Å². The minimum atomic E-state index is -3.75. The molecule has 0 atom stereocenters. The third kappa shape index (κ3) is 5.40. The molecule has 3 rings (SSSR count). The van der Waals surface area contributed by atoms with Crippen LogP contribution in [0.2, 0.25) is 0 Å². The van der Waals surface area contributed by atoms with Crippen molar-refractivity contribution in [2.24, 2.45) is 5.10 Å². The largest absolute Gasteiger partial charge is 0.488 e. The van der Waals surface area contributed by atoms with Crippen molar-refractivity contribution in [2.45, 2.75) is 11.5 Å². The summed E-state index contributed by atoms with van der Waals surface area (Å²) in [4.78, 5) is 2.30. The average Bonchev–Trinajstić information content (AvgIpc) is 2.69. The summed E-state index contributed by atoms with van der Waals surface area (Å²) in [6.07, 6.45) is 1.37. The van der Waals surface area contributed by atoms with Gasteiger partial charge in [0.2, 0.25) is 0 Å². The summed E-state index contributed by atoms with van der Waals surface area (Å²) in [5.41, 5.74) is 1.38. The maximum Gasteiger partial charge on any atom is 0.276 e. The fourth-order valence-corrected chi connectivity index (χ4v) is 3.50. The molecule has 1 N–H and O–H groups in total. The second-order valence-corrected chi connectivity index (χ2v) is 8.34. The Hall–Kier alpha value is -2.71. The number of nitrogens with one attached hydrogen (secondary N) is 1. The Morgan fingerprint density at radius 2 is 1.75 bits per heavy atom. The quantitative estimate of drug-likeness (QED) is 0.415. The van der Waals surface area contributed by atoms with Crippen molar-refractivity contribution in [3.63, 3.8) is 0 Å². The molecule has 0 aromatic heterocycles. The van der Waals surface area contributed by atoms with E-state index in [0.717, 1.165) is 10.0 Å². The molecule has 0 aliphatic rings. The summed E-state index contributed by atoms with van der Waals surface area (Å²) in [5.74, 6) is 0.195. The Bertz CT molecular complexity index is 1070. The Kier molecular flexibility index (Phi) is 6.43. The highest BCUT2D eigenvalue weighted by molar-refractivity contribution is 9.10. The van der Waals surface area contributed by atoms with Crippen LogP contribution in [0.15, 0.2) is 87.3 Å². The fraction of sp³-hybridized carbons (Fsp3) is 0.0500. The molecule has 0 bridgehead atoms. The lowest BCUT2D eigenvalue weighted by Crippen LogP contribution is -2.18. The van der Waals surface area contributed by atoms with Gasteiger partial charge >= 0.3 is 0 Å². The van der Waals surface area contributed by atoms with Crippen LogP contribution >= 0.6 is 15.9 Å². The Morgan fingerprint density at radius 3 is 2.46 bits per heavy atom. The van der Waals surface area contributed by atoms with Gasteiger partial charge in [-0.05, 0) is 48.0 Å². The smallest absolute Gasteiger partial charge is 0.276 e. The van der Waals surface area contributed by atoms with Crippen molar-refractivity contribution in [1.82, 2.24) is 4.83 Å². The van der Waals surface area contributed by atoms with Crippen LogP contribution < -0.4 is 9.57 Å². The second-order valence-electron chi connectivity index (χ2n) is 5.76. The van der Waals surface area contributed by atoms with Gasteiger partial charge in [0.05, 0.1) is 11.1 Å².